The first-order valence-electron chi connectivity index (χ1n) is 5.14. The number of sulfone groups is 2. The van der Waals surface area contributed by atoms with Gasteiger partial charge in [-0.25, -0.2) is 16.8 Å². The topological polar surface area (TPSA) is 106 Å². The van der Waals surface area contributed by atoms with E-state index in [1.807, 2.05) is 0 Å². The maximum Gasteiger partial charge on any atom is 0.303 e. The minimum Gasteiger partial charge on any atom is -0.481 e. The van der Waals surface area contributed by atoms with Crippen molar-refractivity contribution < 1.29 is 26.7 Å². The summed E-state index contributed by atoms with van der Waals surface area (Å²) in [5, 5.41) is 8.65. The van der Waals surface area contributed by atoms with E-state index >= 15 is 0 Å². The molecule has 0 unspecified atom stereocenters. The standard InChI is InChI=1S/C9H16O6S2/c1-16(12,13)4-5-17(14,15)7-9(2-3-9)6-8(10)11/h2-7H2,1H3,(H,10,11). The molecule has 1 aliphatic carbocycles. The van der Waals surface area contributed by atoms with Gasteiger partial charge in [0.05, 0.1) is 23.7 Å². The molecule has 100 valence electrons. The van der Waals surface area contributed by atoms with Crippen molar-refractivity contribution in [3.8, 4) is 0 Å². The summed E-state index contributed by atoms with van der Waals surface area (Å²) in [6.45, 7) is 0. The van der Waals surface area contributed by atoms with E-state index in [9.17, 15) is 21.6 Å². The Morgan fingerprint density at radius 2 is 1.71 bits per heavy atom. The lowest BCUT2D eigenvalue weighted by Crippen LogP contribution is -2.25. The molecule has 0 saturated heterocycles. The van der Waals surface area contributed by atoms with E-state index in [0.29, 0.717) is 12.8 Å². The molecular formula is C9H16O6S2. The van der Waals surface area contributed by atoms with Crippen LogP contribution in [0, 0.1) is 5.41 Å². The zero-order valence-electron chi connectivity index (χ0n) is 9.55. The van der Waals surface area contributed by atoms with Crippen molar-refractivity contribution in [1.29, 1.82) is 0 Å². The van der Waals surface area contributed by atoms with Gasteiger partial charge in [0.2, 0.25) is 0 Å². The van der Waals surface area contributed by atoms with E-state index in [1.54, 1.807) is 0 Å². The number of carbonyl (C=O) groups is 1. The van der Waals surface area contributed by atoms with Crippen LogP contribution in [0.3, 0.4) is 0 Å². The Labute approximate surface area is 101 Å². The van der Waals surface area contributed by atoms with Crippen LogP contribution < -0.4 is 0 Å². The minimum atomic E-state index is -3.50. The molecule has 0 aromatic heterocycles. The highest BCUT2D eigenvalue weighted by Gasteiger charge is 2.47. The van der Waals surface area contributed by atoms with Gasteiger partial charge in [0.1, 0.15) is 9.84 Å². The lowest BCUT2D eigenvalue weighted by Gasteiger charge is -2.12. The van der Waals surface area contributed by atoms with Gasteiger partial charge in [-0.3, -0.25) is 4.79 Å². The van der Waals surface area contributed by atoms with Crippen molar-refractivity contribution in [2.45, 2.75) is 19.3 Å². The molecule has 0 aromatic carbocycles. The molecule has 0 radical (unpaired) electrons. The lowest BCUT2D eigenvalue weighted by atomic mass is 10.1. The van der Waals surface area contributed by atoms with Crippen LogP contribution in [0.5, 0.6) is 0 Å². The molecule has 0 heterocycles. The molecule has 1 saturated carbocycles. The van der Waals surface area contributed by atoms with Gasteiger partial charge in [0, 0.05) is 6.26 Å². The van der Waals surface area contributed by atoms with Gasteiger partial charge in [-0.1, -0.05) is 0 Å². The fourth-order valence-electron chi connectivity index (χ4n) is 1.69. The van der Waals surface area contributed by atoms with E-state index in [1.165, 1.54) is 0 Å². The van der Waals surface area contributed by atoms with Crippen molar-refractivity contribution in [1.82, 2.24) is 0 Å². The summed E-state index contributed by atoms with van der Waals surface area (Å²) in [4.78, 5) is 10.6. The summed E-state index contributed by atoms with van der Waals surface area (Å²) in [5.74, 6) is -2.06. The van der Waals surface area contributed by atoms with Gasteiger partial charge in [0.25, 0.3) is 0 Å². The summed E-state index contributed by atoms with van der Waals surface area (Å²) in [5.41, 5.74) is -0.651. The third-order valence-electron chi connectivity index (χ3n) is 2.77. The van der Waals surface area contributed by atoms with Gasteiger partial charge in [-0.15, -0.1) is 0 Å². The van der Waals surface area contributed by atoms with Crippen molar-refractivity contribution in [2.24, 2.45) is 5.41 Å². The molecule has 0 atom stereocenters. The molecule has 0 bridgehead atoms. The summed E-state index contributed by atoms with van der Waals surface area (Å²) >= 11 is 0. The number of carboxylic acids is 1. The van der Waals surface area contributed by atoms with Crippen LogP contribution in [0.1, 0.15) is 19.3 Å². The number of aliphatic carboxylic acids is 1. The molecule has 0 aliphatic heterocycles. The molecule has 17 heavy (non-hydrogen) atoms. The van der Waals surface area contributed by atoms with Crippen LogP contribution in [-0.4, -0.2) is 51.4 Å². The molecule has 8 heteroatoms. The average molecular weight is 284 g/mol. The first-order valence-corrected chi connectivity index (χ1v) is 9.02. The Bertz CT molecular complexity index is 498. The number of hydrogen-bond donors (Lipinski definition) is 1. The van der Waals surface area contributed by atoms with Gasteiger partial charge < -0.3 is 5.11 Å². The molecule has 1 rings (SSSR count). The molecular weight excluding hydrogens is 268 g/mol. The first kappa shape index (κ1) is 14.4. The Hall–Kier alpha value is -0.630. The third kappa shape index (κ3) is 5.49. The summed E-state index contributed by atoms with van der Waals surface area (Å²) in [7, 11) is -6.81. The highest BCUT2D eigenvalue weighted by atomic mass is 32.2. The van der Waals surface area contributed by atoms with E-state index in [2.05, 4.69) is 0 Å². The molecule has 1 aliphatic rings. The molecule has 6 nitrogen and oxygen atoms in total. The fraction of sp³-hybridized carbons (Fsp3) is 0.889. The van der Waals surface area contributed by atoms with E-state index < -0.39 is 42.6 Å². The second-order valence-corrected chi connectivity index (χ2v) is 9.24. The minimum absolute atomic E-state index is 0.162. The van der Waals surface area contributed by atoms with Crippen molar-refractivity contribution in [3.63, 3.8) is 0 Å². The number of hydrogen-bond acceptors (Lipinski definition) is 5. The second kappa shape index (κ2) is 4.56. The smallest absolute Gasteiger partial charge is 0.303 e. The van der Waals surface area contributed by atoms with Crippen molar-refractivity contribution in [2.75, 3.05) is 23.5 Å². The maximum absolute atomic E-state index is 11.7. The highest BCUT2D eigenvalue weighted by Crippen LogP contribution is 2.49. The van der Waals surface area contributed by atoms with Gasteiger partial charge in [-0.2, -0.15) is 0 Å². The molecule has 0 aromatic rings. The monoisotopic (exact) mass is 284 g/mol. The zero-order valence-corrected chi connectivity index (χ0v) is 11.2. The van der Waals surface area contributed by atoms with Crippen LogP contribution in [0.4, 0.5) is 0 Å². The summed E-state index contributed by atoms with van der Waals surface area (Å²) < 4.78 is 45.1. The Morgan fingerprint density at radius 1 is 1.18 bits per heavy atom. The number of carboxylic acid groups (broad SMARTS) is 1. The van der Waals surface area contributed by atoms with Crippen LogP contribution in [0.2, 0.25) is 0 Å². The predicted molar refractivity (Wildman–Crippen MR) is 62.3 cm³/mol. The quantitative estimate of drug-likeness (QED) is 0.688. The largest absolute Gasteiger partial charge is 0.481 e. The fourth-order valence-corrected chi connectivity index (χ4v) is 5.38. The van der Waals surface area contributed by atoms with E-state index in [-0.39, 0.29) is 12.2 Å². The number of rotatable bonds is 7. The van der Waals surface area contributed by atoms with Crippen molar-refractivity contribution >= 4 is 25.6 Å². The predicted octanol–water partition coefficient (Wildman–Crippen LogP) is -0.299. The normalized spacial score (nSPS) is 18.9. The van der Waals surface area contributed by atoms with Crippen molar-refractivity contribution in [3.05, 3.63) is 0 Å². The third-order valence-corrected chi connectivity index (χ3v) is 5.86. The van der Waals surface area contributed by atoms with Gasteiger partial charge >= 0.3 is 5.97 Å². The first-order chi connectivity index (χ1) is 7.54. The Morgan fingerprint density at radius 3 is 2.06 bits per heavy atom. The highest BCUT2D eigenvalue weighted by molar-refractivity contribution is 7.94. The van der Waals surface area contributed by atoms with Crippen LogP contribution in [0.25, 0.3) is 0 Å². The second-order valence-electron chi connectivity index (χ2n) is 4.79. The molecule has 0 amide bonds. The van der Waals surface area contributed by atoms with E-state index in [0.717, 1.165) is 6.26 Å². The van der Waals surface area contributed by atoms with E-state index in [4.69, 9.17) is 5.11 Å². The lowest BCUT2D eigenvalue weighted by molar-refractivity contribution is -0.138. The zero-order chi connectivity index (χ0) is 13.3. The summed E-state index contributed by atoms with van der Waals surface area (Å²) in [6, 6.07) is 0. The Kier molecular flexibility index (Phi) is 3.87. The SMILES string of the molecule is CS(=O)(=O)CCS(=O)(=O)CC1(CC(=O)O)CC1. The van der Waals surface area contributed by atoms with Gasteiger partial charge in [-0.05, 0) is 18.3 Å². The maximum atomic E-state index is 11.7. The molecule has 0 spiro atoms. The van der Waals surface area contributed by atoms with Crippen LogP contribution in [0.15, 0.2) is 0 Å². The molecule has 1 N–H and O–H groups in total. The van der Waals surface area contributed by atoms with Crippen LogP contribution in [-0.2, 0) is 24.5 Å². The van der Waals surface area contributed by atoms with Crippen LogP contribution >= 0.6 is 0 Å². The van der Waals surface area contributed by atoms with Gasteiger partial charge in [0.15, 0.2) is 9.84 Å². The summed E-state index contributed by atoms with van der Waals surface area (Å²) in [6.07, 6.45) is 1.98. The average Bonchev–Trinajstić information content (AvgIpc) is 2.78. The Balaban J connectivity index is 2.59. The molecule has 1 fully saturated rings.